The molecule has 1 aromatic carbocycles. The van der Waals surface area contributed by atoms with Gasteiger partial charge >= 0.3 is 0 Å². The molecule has 0 radical (unpaired) electrons. The van der Waals surface area contributed by atoms with Crippen molar-refractivity contribution in [3.05, 3.63) is 28.8 Å². The Hall–Kier alpha value is -0.730. The molecule has 1 saturated heterocycles. The van der Waals surface area contributed by atoms with Gasteiger partial charge in [0.05, 0.1) is 0 Å². The number of halogens is 1. The van der Waals surface area contributed by atoms with E-state index in [0.29, 0.717) is 0 Å². The maximum atomic E-state index is 6.12. The smallest absolute Gasteiger partial charge is 0.0412 e. The number of nitrogens with zero attached hydrogens (tertiary/aromatic N) is 1. The number of hydrogen-bond acceptors (Lipinski definition) is 2. The minimum Gasteiger partial charge on any atom is -0.371 e. The fourth-order valence-corrected chi connectivity index (χ4v) is 2.75. The third kappa shape index (κ3) is 3.39. The highest BCUT2D eigenvalue weighted by Crippen LogP contribution is 2.29. The molecule has 1 unspecified atom stereocenters. The molecule has 1 atom stereocenters. The van der Waals surface area contributed by atoms with Crippen molar-refractivity contribution in [1.82, 2.24) is 5.32 Å². The average Bonchev–Trinajstić information content (AvgIpc) is 2.76. The van der Waals surface area contributed by atoms with Crippen LogP contribution in [0.25, 0.3) is 0 Å². The molecule has 1 aliphatic heterocycles. The van der Waals surface area contributed by atoms with Crippen molar-refractivity contribution >= 4 is 17.3 Å². The first kappa shape index (κ1) is 13.7. The standard InChI is InChI=1S/C15H23ClN2/c1-3-7-17-10-13-9-14(16)4-5-15(13)18-8-6-12(2)11-18/h4-5,9,12,17H,3,6-8,10-11H2,1-2H3. The van der Waals surface area contributed by atoms with Gasteiger partial charge in [-0.1, -0.05) is 25.4 Å². The van der Waals surface area contributed by atoms with Gasteiger partial charge in [0.1, 0.15) is 0 Å². The second kappa shape index (κ2) is 6.44. The van der Waals surface area contributed by atoms with E-state index in [4.69, 9.17) is 11.6 Å². The summed E-state index contributed by atoms with van der Waals surface area (Å²) < 4.78 is 0. The third-order valence-electron chi connectivity index (χ3n) is 3.55. The zero-order valence-electron chi connectivity index (χ0n) is 11.4. The zero-order chi connectivity index (χ0) is 13.0. The molecule has 18 heavy (non-hydrogen) atoms. The maximum Gasteiger partial charge on any atom is 0.0412 e. The van der Waals surface area contributed by atoms with Gasteiger partial charge in [-0.05, 0) is 49.1 Å². The Kier molecular flexibility index (Phi) is 4.90. The van der Waals surface area contributed by atoms with Crippen LogP contribution in [0.5, 0.6) is 0 Å². The van der Waals surface area contributed by atoms with Gasteiger partial charge < -0.3 is 10.2 Å². The maximum absolute atomic E-state index is 6.12. The number of anilines is 1. The molecule has 2 nitrogen and oxygen atoms in total. The highest BCUT2D eigenvalue weighted by Gasteiger charge is 2.20. The van der Waals surface area contributed by atoms with E-state index in [0.717, 1.165) is 30.5 Å². The fourth-order valence-electron chi connectivity index (χ4n) is 2.56. The highest BCUT2D eigenvalue weighted by molar-refractivity contribution is 6.30. The van der Waals surface area contributed by atoms with Crippen LogP contribution in [0.15, 0.2) is 18.2 Å². The highest BCUT2D eigenvalue weighted by atomic mass is 35.5. The average molecular weight is 267 g/mol. The van der Waals surface area contributed by atoms with Crippen LogP contribution in [0.4, 0.5) is 5.69 Å². The van der Waals surface area contributed by atoms with E-state index in [1.54, 1.807) is 0 Å². The zero-order valence-corrected chi connectivity index (χ0v) is 12.1. The molecule has 2 rings (SSSR count). The normalized spacial score (nSPS) is 19.5. The molecule has 0 aromatic heterocycles. The molecule has 0 aliphatic carbocycles. The molecule has 1 aromatic rings. The number of nitrogens with one attached hydrogen (secondary N) is 1. The van der Waals surface area contributed by atoms with Crippen molar-refractivity contribution in [3.63, 3.8) is 0 Å². The van der Waals surface area contributed by atoms with Crippen LogP contribution >= 0.6 is 11.6 Å². The SMILES string of the molecule is CCCNCc1cc(Cl)ccc1N1CCC(C)C1. The Labute approximate surface area is 115 Å². The van der Waals surface area contributed by atoms with Gasteiger partial charge in [0.15, 0.2) is 0 Å². The van der Waals surface area contributed by atoms with Crippen molar-refractivity contribution in [1.29, 1.82) is 0 Å². The molecule has 0 spiro atoms. The Balaban J connectivity index is 2.12. The van der Waals surface area contributed by atoms with E-state index in [1.807, 2.05) is 6.07 Å². The van der Waals surface area contributed by atoms with Crippen LogP contribution in [-0.4, -0.2) is 19.6 Å². The minimum atomic E-state index is 0.803. The van der Waals surface area contributed by atoms with Crippen LogP contribution in [0.2, 0.25) is 5.02 Å². The molecule has 1 fully saturated rings. The van der Waals surface area contributed by atoms with E-state index in [1.165, 1.54) is 30.8 Å². The molecular weight excluding hydrogens is 244 g/mol. The first-order valence-electron chi connectivity index (χ1n) is 6.94. The van der Waals surface area contributed by atoms with Crippen LogP contribution in [0.3, 0.4) is 0 Å². The van der Waals surface area contributed by atoms with Gasteiger partial charge in [-0.2, -0.15) is 0 Å². The van der Waals surface area contributed by atoms with Crippen LogP contribution in [-0.2, 0) is 6.54 Å². The van der Waals surface area contributed by atoms with Gasteiger partial charge in [-0.25, -0.2) is 0 Å². The molecule has 1 N–H and O–H groups in total. The first-order valence-corrected chi connectivity index (χ1v) is 7.32. The summed E-state index contributed by atoms with van der Waals surface area (Å²) in [7, 11) is 0. The summed E-state index contributed by atoms with van der Waals surface area (Å²) in [6.07, 6.45) is 2.46. The molecule has 0 saturated carbocycles. The number of benzene rings is 1. The minimum absolute atomic E-state index is 0.803. The number of hydrogen-bond donors (Lipinski definition) is 1. The Morgan fingerprint density at radius 1 is 1.44 bits per heavy atom. The van der Waals surface area contributed by atoms with Crippen molar-refractivity contribution in [2.24, 2.45) is 5.92 Å². The Bertz CT molecular complexity index is 392. The van der Waals surface area contributed by atoms with Crippen LogP contribution < -0.4 is 10.2 Å². The fraction of sp³-hybridized carbons (Fsp3) is 0.600. The van der Waals surface area contributed by atoms with Crippen molar-refractivity contribution in [2.45, 2.75) is 33.2 Å². The lowest BCUT2D eigenvalue weighted by Gasteiger charge is -2.22. The topological polar surface area (TPSA) is 15.3 Å². The van der Waals surface area contributed by atoms with Gasteiger partial charge in [0, 0.05) is 30.3 Å². The van der Waals surface area contributed by atoms with Crippen molar-refractivity contribution in [2.75, 3.05) is 24.5 Å². The summed E-state index contributed by atoms with van der Waals surface area (Å²) in [6, 6.07) is 6.27. The van der Waals surface area contributed by atoms with E-state index in [9.17, 15) is 0 Å². The van der Waals surface area contributed by atoms with Gasteiger partial charge in [0.25, 0.3) is 0 Å². The third-order valence-corrected chi connectivity index (χ3v) is 3.78. The summed E-state index contributed by atoms with van der Waals surface area (Å²) in [5.74, 6) is 0.803. The molecule has 0 bridgehead atoms. The predicted molar refractivity (Wildman–Crippen MR) is 79.4 cm³/mol. The first-order chi connectivity index (χ1) is 8.70. The lowest BCUT2D eigenvalue weighted by molar-refractivity contribution is 0.657. The second-order valence-electron chi connectivity index (χ2n) is 5.29. The van der Waals surface area contributed by atoms with Crippen LogP contribution in [0, 0.1) is 5.92 Å². The molecule has 1 heterocycles. The van der Waals surface area contributed by atoms with Gasteiger partial charge in [-0.15, -0.1) is 0 Å². The molecule has 100 valence electrons. The molecule has 0 amide bonds. The monoisotopic (exact) mass is 266 g/mol. The van der Waals surface area contributed by atoms with Crippen molar-refractivity contribution in [3.8, 4) is 0 Å². The van der Waals surface area contributed by atoms with E-state index in [-0.39, 0.29) is 0 Å². The lowest BCUT2D eigenvalue weighted by Crippen LogP contribution is -2.22. The van der Waals surface area contributed by atoms with Gasteiger partial charge in [-0.3, -0.25) is 0 Å². The summed E-state index contributed by atoms with van der Waals surface area (Å²) >= 11 is 6.12. The van der Waals surface area contributed by atoms with E-state index < -0.39 is 0 Å². The van der Waals surface area contributed by atoms with Crippen LogP contribution in [0.1, 0.15) is 32.3 Å². The quantitative estimate of drug-likeness (QED) is 0.818. The van der Waals surface area contributed by atoms with E-state index >= 15 is 0 Å². The summed E-state index contributed by atoms with van der Waals surface area (Å²) in [4.78, 5) is 2.49. The van der Waals surface area contributed by atoms with Crippen molar-refractivity contribution < 1.29 is 0 Å². The molecular formula is C15H23ClN2. The Morgan fingerprint density at radius 2 is 2.28 bits per heavy atom. The lowest BCUT2D eigenvalue weighted by atomic mass is 10.1. The Morgan fingerprint density at radius 3 is 2.94 bits per heavy atom. The summed E-state index contributed by atoms with van der Waals surface area (Å²) in [6.45, 7) is 8.82. The number of rotatable bonds is 5. The largest absolute Gasteiger partial charge is 0.371 e. The molecule has 1 aliphatic rings. The predicted octanol–water partition coefficient (Wildman–Crippen LogP) is 3.69. The second-order valence-corrected chi connectivity index (χ2v) is 5.73. The van der Waals surface area contributed by atoms with Gasteiger partial charge in [0.2, 0.25) is 0 Å². The van der Waals surface area contributed by atoms with E-state index in [2.05, 4.69) is 36.2 Å². The molecule has 3 heteroatoms. The summed E-state index contributed by atoms with van der Waals surface area (Å²) in [5.41, 5.74) is 2.68. The summed E-state index contributed by atoms with van der Waals surface area (Å²) in [5, 5.41) is 4.30.